The first-order valence-electron chi connectivity index (χ1n) is 7.86. The lowest BCUT2D eigenvalue weighted by molar-refractivity contribution is -0.138. The van der Waals surface area contributed by atoms with Crippen LogP contribution in [0.15, 0.2) is 0 Å². The Kier molecular flexibility index (Phi) is 12.7. The largest absolute Gasteiger partial charge is 0.385 e. The van der Waals surface area contributed by atoms with Crippen molar-refractivity contribution in [2.24, 2.45) is 5.73 Å². The fourth-order valence-corrected chi connectivity index (χ4v) is 2.46. The molecule has 3 N–H and O–H groups in total. The molecule has 144 valence electrons. The van der Waals surface area contributed by atoms with E-state index in [0.29, 0.717) is 39.3 Å². The molecule has 24 heavy (non-hydrogen) atoms. The number of rotatable bonds is 7. The van der Waals surface area contributed by atoms with Crippen LogP contribution in [-0.2, 0) is 14.3 Å². The average molecular weight is 387 g/mol. The lowest BCUT2D eigenvalue weighted by Crippen LogP contribution is -2.59. The van der Waals surface area contributed by atoms with Gasteiger partial charge >= 0.3 is 0 Å². The highest BCUT2D eigenvalue weighted by atomic mass is 35.5. The van der Waals surface area contributed by atoms with Crippen LogP contribution in [0, 0.1) is 0 Å². The van der Waals surface area contributed by atoms with Gasteiger partial charge in [0.25, 0.3) is 0 Å². The number of amides is 2. The first kappa shape index (κ1) is 25.6. The summed E-state index contributed by atoms with van der Waals surface area (Å²) in [6.45, 7) is 9.21. The van der Waals surface area contributed by atoms with Crippen LogP contribution in [0.4, 0.5) is 0 Å². The van der Waals surface area contributed by atoms with Gasteiger partial charge in [-0.25, -0.2) is 0 Å². The number of nitrogens with one attached hydrogen (secondary N) is 1. The highest BCUT2D eigenvalue weighted by Crippen LogP contribution is 2.11. The molecule has 1 aliphatic rings. The van der Waals surface area contributed by atoms with Crippen molar-refractivity contribution < 1.29 is 14.3 Å². The monoisotopic (exact) mass is 386 g/mol. The highest BCUT2D eigenvalue weighted by molar-refractivity contribution is 5.86. The van der Waals surface area contributed by atoms with Gasteiger partial charge in [0.2, 0.25) is 11.8 Å². The van der Waals surface area contributed by atoms with Gasteiger partial charge in [-0.3, -0.25) is 14.5 Å². The zero-order valence-corrected chi connectivity index (χ0v) is 16.7. The molecule has 0 saturated carbocycles. The van der Waals surface area contributed by atoms with E-state index in [2.05, 4.69) is 10.2 Å². The molecular formula is C15H32Cl2N4O3. The predicted molar refractivity (Wildman–Crippen MR) is 99.9 cm³/mol. The molecule has 0 bridgehead atoms. The number of nitrogens with zero attached hydrogens (tertiary/aromatic N) is 2. The van der Waals surface area contributed by atoms with E-state index in [0.717, 1.165) is 6.42 Å². The molecule has 9 heteroatoms. The van der Waals surface area contributed by atoms with E-state index in [4.69, 9.17) is 10.5 Å². The summed E-state index contributed by atoms with van der Waals surface area (Å²) < 4.78 is 4.95. The minimum atomic E-state index is -0.841. The zero-order valence-electron chi connectivity index (χ0n) is 15.0. The molecule has 0 aromatic heterocycles. The lowest BCUT2D eigenvalue weighted by atomic mass is 10.0. The van der Waals surface area contributed by atoms with Crippen LogP contribution < -0.4 is 11.1 Å². The zero-order chi connectivity index (χ0) is 16.8. The van der Waals surface area contributed by atoms with E-state index < -0.39 is 5.54 Å². The van der Waals surface area contributed by atoms with Crippen molar-refractivity contribution in [1.29, 1.82) is 0 Å². The Labute approximate surface area is 157 Å². The molecule has 1 unspecified atom stereocenters. The fraction of sp³-hybridized carbons (Fsp3) is 0.867. The van der Waals surface area contributed by atoms with E-state index in [1.807, 2.05) is 6.92 Å². The van der Waals surface area contributed by atoms with Crippen LogP contribution in [0.1, 0.15) is 27.2 Å². The van der Waals surface area contributed by atoms with Crippen molar-refractivity contribution in [3.8, 4) is 0 Å². The Morgan fingerprint density at radius 2 is 1.75 bits per heavy atom. The topological polar surface area (TPSA) is 87.9 Å². The first-order chi connectivity index (χ1) is 10.3. The maximum Gasteiger partial charge on any atom is 0.242 e. The standard InChI is InChI=1S/C15H30N4O3.2ClH/c1-12(13(20)17-6-5-11-22-4)18-7-9-19(10-8-18)14(21)15(2,3)16;;/h12H,5-11,16H2,1-4H3,(H,17,20);2*1H. The van der Waals surface area contributed by atoms with Crippen molar-refractivity contribution in [3.05, 3.63) is 0 Å². The number of nitrogens with two attached hydrogens (primary N) is 1. The predicted octanol–water partition coefficient (Wildman–Crippen LogP) is 0.253. The second-order valence-corrected chi connectivity index (χ2v) is 6.36. The first-order valence-corrected chi connectivity index (χ1v) is 7.86. The molecule has 0 aliphatic carbocycles. The lowest BCUT2D eigenvalue weighted by Gasteiger charge is -2.39. The molecule has 7 nitrogen and oxygen atoms in total. The van der Waals surface area contributed by atoms with Gasteiger partial charge in [-0.1, -0.05) is 0 Å². The smallest absolute Gasteiger partial charge is 0.242 e. The number of methoxy groups -OCH3 is 1. The van der Waals surface area contributed by atoms with E-state index in [1.165, 1.54) is 0 Å². The second kappa shape index (κ2) is 11.9. The Hall–Kier alpha value is -0.600. The molecular weight excluding hydrogens is 355 g/mol. The van der Waals surface area contributed by atoms with Crippen molar-refractivity contribution >= 4 is 36.6 Å². The van der Waals surface area contributed by atoms with Crippen LogP contribution in [0.25, 0.3) is 0 Å². The second-order valence-electron chi connectivity index (χ2n) is 6.36. The van der Waals surface area contributed by atoms with Gasteiger partial charge in [0.15, 0.2) is 0 Å². The van der Waals surface area contributed by atoms with Gasteiger partial charge in [0.1, 0.15) is 0 Å². The number of ether oxygens (including phenoxy) is 1. The molecule has 1 aliphatic heterocycles. The number of hydrogen-bond acceptors (Lipinski definition) is 5. The van der Waals surface area contributed by atoms with Crippen molar-refractivity contribution in [3.63, 3.8) is 0 Å². The summed E-state index contributed by atoms with van der Waals surface area (Å²) >= 11 is 0. The number of hydrogen-bond donors (Lipinski definition) is 2. The van der Waals surface area contributed by atoms with Gasteiger partial charge in [0.05, 0.1) is 11.6 Å². The third kappa shape index (κ3) is 7.98. The highest BCUT2D eigenvalue weighted by Gasteiger charge is 2.32. The molecule has 1 atom stereocenters. The average Bonchev–Trinajstić information content (AvgIpc) is 2.49. The van der Waals surface area contributed by atoms with E-state index in [1.54, 1.807) is 25.9 Å². The quantitative estimate of drug-likeness (QED) is 0.612. The third-order valence-electron chi connectivity index (χ3n) is 3.90. The maximum absolute atomic E-state index is 12.1. The number of carbonyl (C=O) groups excluding carboxylic acids is 2. The molecule has 1 saturated heterocycles. The van der Waals surface area contributed by atoms with Crippen LogP contribution in [-0.4, -0.2) is 79.6 Å². The van der Waals surface area contributed by atoms with E-state index in [-0.39, 0.29) is 42.7 Å². The van der Waals surface area contributed by atoms with Crippen LogP contribution in [0.5, 0.6) is 0 Å². The molecule has 0 aromatic rings. The summed E-state index contributed by atoms with van der Waals surface area (Å²) in [7, 11) is 1.65. The number of carbonyl (C=O) groups is 2. The SMILES string of the molecule is COCCCNC(=O)C(C)N1CCN(C(=O)C(C)(C)N)CC1.Cl.Cl. The molecule has 0 spiro atoms. The summed E-state index contributed by atoms with van der Waals surface area (Å²) in [5, 5.41) is 2.91. The normalized spacial score (nSPS) is 16.6. The molecule has 0 aromatic carbocycles. The van der Waals surface area contributed by atoms with Gasteiger partial charge in [-0.2, -0.15) is 0 Å². The minimum absolute atomic E-state index is 0. The van der Waals surface area contributed by atoms with Gasteiger partial charge in [-0.15, -0.1) is 24.8 Å². The number of halogens is 2. The molecule has 1 rings (SSSR count). The summed E-state index contributed by atoms with van der Waals surface area (Å²) in [6, 6.07) is -0.189. The summed E-state index contributed by atoms with van der Waals surface area (Å²) in [4.78, 5) is 28.1. The molecule has 2 amide bonds. The van der Waals surface area contributed by atoms with E-state index in [9.17, 15) is 9.59 Å². The Morgan fingerprint density at radius 1 is 1.21 bits per heavy atom. The van der Waals surface area contributed by atoms with Crippen LogP contribution in [0.2, 0.25) is 0 Å². The Balaban J connectivity index is 0. The summed E-state index contributed by atoms with van der Waals surface area (Å²) in [5.74, 6) is -0.0149. The van der Waals surface area contributed by atoms with Crippen molar-refractivity contribution in [2.75, 3.05) is 46.4 Å². The van der Waals surface area contributed by atoms with Gasteiger partial charge in [0, 0.05) is 46.4 Å². The summed E-state index contributed by atoms with van der Waals surface area (Å²) in [6.07, 6.45) is 0.808. The van der Waals surface area contributed by atoms with Gasteiger partial charge < -0.3 is 20.7 Å². The Morgan fingerprint density at radius 3 is 2.21 bits per heavy atom. The number of piperazine rings is 1. The fourth-order valence-electron chi connectivity index (χ4n) is 2.46. The third-order valence-corrected chi connectivity index (χ3v) is 3.90. The van der Waals surface area contributed by atoms with Gasteiger partial charge in [-0.05, 0) is 27.2 Å². The van der Waals surface area contributed by atoms with Crippen molar-refractivity contribution in [2.45, 2.75) is 38.8 Å². The minimum Gasteiger partial charge on any atom is -0.385 e. The van der Waals surface area contributed by atoms with Crippen LogP contribution in [0.3, 0.4) is 0 Å². The van der Waals surface area contributed by atoms with Crippen LogP contribution >= 0.6 is 24.8 Å². The maximum atomic E-state index is 12.1. The van der Waals surface area contributed by atoms with E-state index >= 15 is 0 Å². The van der Waals surface area contributed by atoms with Crippen molar-refractivity contribution in [1.82, 2.24) is 15.1 Å². The summed E-state index contributed by atoms with van der Waals surface area (Å²) in [5.41, 5.74) is 5.01. The Bertz CT molecular complexity index is 383. The molecule has 1 fully saturated rings. The molecule has 0 radical (unpaired) electrons. The molecule has 1 heterocycles.